The van der Waals surface area contributed by atoms with Crippen LogP contribution in [-0.4, -0.2) is 30.0 Å². The Labute approximate surface area is 133 Å². The Bertz CT molecular complexity index is 367. The average molecular weight is 343 g/mol. The van der Waals surface area contributed by atoms with Crippen LogP contribution in [0.15, 0.2) is 43.0 Å². The average Bonchev–Trinajstić information content (AvgIpc) is 2.46. The lowest BCUT2D eigenvalue weighted by molar-refractivity contribution is -0.936. The fraction of sp³-hybridized carbons (Fsp3) is 0.438. The molecule has 1 amide bonds. The van der Waals surface area contributed by atoms with E-state index in [0.29, 0.717) is 0 Å². The fourth-order valence-electron chi connectivity index (χ4n) is 1.98. The summed E-state index contributed by atoms with van der Waals surface area (Å²) in [4.78, 5) is 9.47. The van der Waals surface area contributed by atoms with Crippen LogP contribution in [0.5, 0.6) is 0 Å². The highest BCUT2D eigenvalue weighted by atomic mass is 79.9. The topological polar surface area (TPSA) is 43.1 Å². The van der Waals surface area contributed by atoms with Gasteiger partial charge in [-0.25, -0.2) is 0 Å². The molecule has 0 aliphatic heterocycles. The third-order valence-electron chi connectivity index (χ3n) is 3.57. The molecule has 1 aromatic carbocycles. The predicted octanol–water partition coefficient (Wildman–Crippen LogP) is -0.275. The second-order valence-electron chi connectivity index (χ2n) is 4.54. The Morgan fingerprint density at radius 3 is 1.85 bits per heavy atom. The molecule has 1 aromatic rings. The van der Waals surface area contributed by atoms with Crippen molar-refractivity contribution in [2.24, 2.45) is 5.73 Å². The van der Waals surface area contributed by atoms with Gasteiger partial charge in [0.1, 0.15) is 6.54 Å². The molecule has 0 bridgehead atoms. The van der Waals surface area contributed by atoms with Crippen molar-refractivity contribution < 1.29 is 26.3 Å². The minimum absolute atomic E-state index is 0. The van der Waals surface area contributed by atoms with Gasteiger partial charge in [0.2, 0.25) is 5.91 Å². The standard InChI is InChI=1S/C13H22N.C3H5NO.BrH/c1-4-14(5-2,6-3)12-13-10-8-7-9-11-13;1-2-3(4)5;/h7-11H,4-6,12H2,1-3H3;2H,1H2,(H2,4,5);1H/q+1;;/p-1. The molecule has 0 saturated heterocycles. The number of nitrogens with two attached hydrogens (primary N) is 1. The summed E-state index contributed by atoms with van der Waals surface area (Å²) in [5.74, 6) is -0.481. The third kappa shape index (κ3) is 8.12. The van der Waals surface area contributed by atoms with Crippen LogP contribution < -0.4 is 22.7 Å². The molecule has 0 heterocycles. The van der Waals surface area contributed by atoms with E-state index in [1.54, 1.807) is 0 Å². The maximum Gasteiger partial charge on any atom is 0.240 e. The van der Waals surface area contributed by atoms with Crippen molar-refractivity contribution in [3.05, 3.63) is 48.6 Å². The van der Waals surface area contributed by atoms with E-state index in [1.165, 1.54) is 36.2 Å². The number of amides is 1. The number of carbonyl (C=O) groups is 1. The molecule has 0 atom stereocenters. The van der Waals surface area contributed by atoms with E-state index in [0.717, 1.165) is 6.08 Å². The van der Waals surface area contributed by atoms with Crippen molar-refractivity contribution in [2.75, 3.05) is 19.6 Å². The number of quaternary nitrogens is 1. The van der Waals surface area contributed by atoms with Gasteiger partial charge in [-0.3, -0.25) is 4.79 Å². The summed E-state index contributed by atoms with van der Waals surface area (Å²) < 4.78 is 1.20. The Balaban J connectivity index is 0. The lowest BCUT2D eigenvalue weighted by Gasteiger charge is -2.35. The molecule has 0 aromatic heterocycles. The molecule has 0 spiro atoms. The van der Waals surface area contributed by atoms with Crippen LogP contribution >= 0.6 is 0 Å². The molecule has 3 nitrogen and oxygen atoms in total. The van der Waals surface area contributed by atoms with E-state index in [2.05, 4.69) is 63.4 Å². The summed E-state index contributed by atoms with van der Waals surface area (Å²) in [6.07, 6.45) is 1.06. The van der Waals surface area contributed by atoms with E-state index in [4.69, 9.17) is 0 Å². The summed E-state index contributed by atoms with van der Waals surface area (Å²) in [6.45, 7) is 14.8. The first-order valence-electron chi connectivity index (χ1n) is 6.84. The van der Waals surface area contributed by atoms with Gasteiger partial charge in [-0.2, -0.15) is 0 Å². The van der Waals surface area contributed by atoms with Gasteiger partial charge < -0.3 is 27.2 Å². The minimum Gasteiger partial charge on any atom is -1.00 e. The van der Waals surface area contributed by atoms with Gasteiger partial charge in [0.15, 0.2) is 0 Å². The predicted molar refractivity (Wildman–Crippen MR) is 81.4 cm³/mol. The normalized spacial score (nSPS) is 9.75. The highest BCUT2D eigenvalue weighted by Crippen LogP contribution is 2.13. The summed E-state index contributed by atoms with van der Waals surface area (Å²) in [5.41, 5.74) is 5.99. The van der Waals surface area contributed by atoms with Crippen molar-refractivity contribution in [3.63, 3.8) is 0 Å². The van der Waals surface area contributed by atoms with Gasteiger partial charge in [0.05, 0.1) is 19.6 Å². The third-order valence-corrected chi connectivity index (χ3v) is 3.57. The molecule has 0 aliphatic carbocycles. The van der Waals surface area contributed by atoms with Crippen LogP contribution in [0.3, 0.4) is 0 Å². The number of nitrogens with zero attached hydrogens (tertiary/aromatic N) is 1. The first-order chi connectivity index (χ1) is 9.03. The number of benzene rings is 1. The fourth-order valence-corrected chi connectivity index (χ4v) is 1.98. The molecule has 1 rings (SSSR count). The Morgan fingerprint density at radius 2 is 1.55 bits per heavy atom. The van der Waals surface area contributed by atoms with Crippen molar-refractivity contribution in [3.8, 4) is 0 Å². The maximum absolute atomic E-state index is 9.47. The smallest absolute Gasteiger partial charge is 0.240 e. The maximum atomic E-state index is 9.47. The zero-order chi connectivity index (χ0) is 14.7. The monoisotopic (exact) mass is 342 g/mol. The largest absolute Gasteiger partial charge is 1.00 e. The molecule has 0 radical (unpaired) electrons. The first-order valence-corrected chi connectivity index (χ1v) is 6.84. The second-order valence-corrected chi connectivity index (χ2v) is 4.54. The van der Waals surface area contributed by atoms with Crippen molar-refractivity contribution in [2.45, 2.75) is 27.3 Å². The van der Waals surface area contributed by atoms with Gasteiger partial charge in [-0.1, -0.05) is 36.9 Å². The molecule has 0 aliphatic rings. The lowest BCUT2D eigenvalue weighted by atomic mass is 10.2. The van der Waals surface area contributed by atoms with E-state index in [1.807, 2.05) is 0 Å². The molecule has 0 fully saturated rings. The summed E-state index contributed by atoms with van der Waals surface area (Å²) in [7, 11) is 0. The number of rotatable bonds is 6. The van der Waals surface area contributed by atoms with Gasteiger partial charge in [0.25, 0.3) is 0 Å². The highest BCUT2D eigenvalue weighted by Gasteiger charge is 2.20. The summed E-state index contributed by atoms with van der Waals surface area (Å²) in [5, 5.41) is 0. The molecule has 0 saturated carbocycles. The van der Waals surface area contributed by atoms with E-state index >= 15 is 0 Å². The quantitative estimate of drug-likeness (QED) is 0.561. The summed E-state index contributed by atoms with van der Waals surface area (Å²) >= 11 is 0. The number of hydrogen-bond donors (Lipinski definition) is 1. The van der Waals surface area contributed by atoms with Gasteiger partial charge >= 0.3 is 0 Å². The zero-order valence-electron chi connectivity index (χ0n) is 12.8. The van der Waals surface area contributed by atoms with Crippen molar-refractivity contribution in [1.29, 1.82) is 0 Å². The van der Waals surface area contributed by atoms with Crippen molar-refractivity contribution in [1.82, 2.24) is 0 Å². The van der Waals surface area contributed by atoms with Crippen LogP contribution in [0, 0.1) is 0 Å². The molecule has 114 valence electrons. The van der Waals surface area contributed by atoms with Crippen LogP contribution in [0.25, 0.3) is 0 Å². The van der Waals surface area contributed by atoms with Crippen molar-refractivity contribution >= 4 is 5.91 Å². The number of hydrogen-bond acceptors (Lipinski definition) is 1. The molecule has 0 unspecified atom stereocenters. The van der Waals surface area contributed by atoms with E-state index in [9.17, 15) is 4.79 Å². The zero-order valence-corrected chi connectivity index (χ0v) is 14.4. The van der Waals surface area contributed by atoms with Crippen LogP contribution in [0.1, 0.15) is 26.3 Å². The Hall–Kier alpha value is -1.13. The Morgan fingerprint density at radius 1 is 1.15 bits per heavy atom. The second kappa shape index (κ2) is 11.7. The van der Waals surface area contributed by atoms with Crippen LogP contribution in [0.2, 0.25) is 0 Å². The molecule has 2 N–H and O–H groups in total. The van der Waals surface area contributed by atoms with Crippen LogP contribution in [0.4, 0.5) is 0 Å². The Kier molecular flexibility index (Phi) is 12.4. The number of carbonyl (C=O) groups excluding carboxylic acids is 1. The van der Waals surface area contributed by atoms with Gasteiger partial charge in [-0.05, 0) is 26.8 Å². The first kappa shape index (κ1) is 21.2. The minimum atomic E-state index is -0.481. The SMILES string of the molecule is C=CC(N)=O.CC[N+](CC)(CC)Cc1ccccc1.[Br-]. The van der Waals surface area contributed by atoms with E-state index in [-0.39, 0.29) is 17.0 Å². The molecular weight excluding hydrogens is 316 g/mol. The highest BCUT2D eigenvalue weighted by molar-refractivity contribution is 5.84. The number of halogens is 1. The number of primary amides is 1. The molecular formula is C16H27BrN2O. The van der Waals surface area contributed by atoms with Gasteiger partial charge in [0, 0.05) is 5.56 Å². The van der Waals surface area contributed by atoms with E-state index < -0.39 is 5.91 Å². The van der Waals surface area contributed by atoms with Crippen LogP contribution in [-0.2, 0) is 11.3 Å². The molecule has 4 heteroatoms. The lowest BCUT2D eigenvalue weighted by Crippen LogP contribution is -3.00. The molecule has 20 heavy (non-hydrogen) atoms. The summed E-state index contributed by atoms with van der Waals surface area (Å²) in [6, 6.07) is 10.8. The van der Waals surface area contributed by atoms with Gasteiger partial charge in [-0.15, -0.1) is 0 Å².